The maximum atomic E-state index is 5.72. The summed E-state index contributed by atoms with van der Waals surface area (Å²) in [6.07, 6.45) is 4.20. The molecule has 0 unspecified atom stereocenters. The summed E-state index contributed by atoms with van der Waals surface area (Å²) < 4.78 is 1.92. The highest BCUT2D eigenvalue weighted by atomic mass is 15.2. The second-order valence-corrected chi connectivity index (χ2v) is 3.91. The van der Waals surface area contributed by atoms with Crippen LogP contribution in [0.3, 0.4) is 0 Å². The molecule has 0 radical (unpaired) electrons. The van der Waals surface area contributed by atoms with E-state index in [1.807, 2.05) is 22.8 Å². The van der Waals surface area contributed by atoms with E-state index in [-0.39, 0.29) is 0 Å². The Morgan fingerprint density at radius 3 is 2.88 bits per heavy atom. The lowest BCUT2D eigenvalue weighted by Gasteiger charge is -1.97. The lowest BCUT2D eigenvalue weighted by atomic mass is 10.3. The first-order valence-corrected chi connectivity index (χ1v) is 5.38. The summed E-state index contributed by atoms with van der Waals surface area (Å²) in [5.74, 6) is 0.944. The molecular weight excluding hydrogens is 216 g/mol. The summed E-state index contributed by atoms with van der Waals surface area (Å²) >= 11 is 0. The zero-order valence-corrected chi connectivity index (χ0v) is 9.17. The van der Waals surface area contributed by atoms with Gasteiger partial charge in [-0.1, -0.05) is 0 Å². The Bertz CT molecular complexity index is 625. The number of nitrogen functional groups attached to an aromatic ring is 1. The molecule has 17 heavy (non-hydrogen) atoms. The van der Waals surface area contributed by atoms with Gasteiger partial charge in [-0.2, -0.15) is 0 Å². The van der Waals surface area contributed by atoms with Gasteiger partial charge in [0.1, 0.15) is 18.5 Å². The molecule has 3 N–H and O–H groups in total. The molecule has 3 rings (SSSR count). The van der Waals surface area contributed by atoms with E-state index in [2.05, 4.69) is 20.2 Å². The quantitative estimate of drug-likeness (QED) is 0.654. The SMILES string of the molecule is Nc1ccc2nc(CCn3cnnc3)[nH]c2c1. The van der Waals surface area contributed by atoms with Crippen molar-refractivity contribution >= 4 is 16.7 Å². The van der Waals surface area contributed by atoms with Crippen LogP contribution in [0.5, 0.6) is 0 Å². The molecule has 86 valence electrons. The van der Waals surface area contributed by atoms with Crippen molar-refractivity contribution in [1.82, 2.24) is 24.7 Å². The number of aromatic amines is 1. The third-order valence-electron chi connectivity index (χ3n) is 2.63. The van der Waals surface area contributed by atoms with Crippen LogP contribution >= 0.6 is 0 Å². The number of H-pyrrole nitrogens is 1. The molecule has 0 fully saturated rings. The van der Waals surface area contributed by atoms with Crippen molar-refractivity contribution in [3.05, 3.63) is 36.7 Å². The standard InChI is InChI=1S/C11H12N6/c12-8-1-2-9-10(5-8)16-11(15-9)3-4-17-6-13-14-7-17/h1-2,5-7H,3-4,12H2,(H,15,16). The largest absolute Gasteiger partial charge is 0.399 e. The number of imidazole rings is 1. The maximum absolute atomic E-state index is 5.72. The molecule has 6 nitrogen and oxygen atoms in total. The minimum atomic E-state index is 0.742. The van der Waals surface area contributed by atoms with Crippen molar-refractivity contribution < 1.29 is 0 Å². The number of nitrogens with one attached hydrogen (secondary N) is 1. The van der Waals surface area contributed by atoms with Crippen molar-refractivity contribution in [2.24, 2.45) is 0 Å². The molecular formula is C11H12N6. The zero-order chi connectivity index (χ0) is 11.7. The van der Waals surface area contributed by atoms with Crippen molar-refractivity contribution in [2.75, 3.05) is 5.73 Å². The average molecular weight is 228 g/mol. The number of nitrogens with two attached hydrogens (primary N) is 1. The van der Waals surface area contributed by atoms with Crippen molar-refractivity contribution in [3.8, 4) is 0 Å². The van der Waals surface area contributed by atoms with Crippen LogP contribution in [0.25, 0.3) is 11.0 Å². The summed E-state index contributed by atoms with van der Waals surface area (Å²) in [6.45, 7) is 0.808. The monoisotopic (exact) mass is 228 g/mol. The topological polar surface area (TPSA) is 85.4 Å². The number of hydrogen-bond donors (Lipinski definition) is 2. The summed E-state index contributed by atoms with van der Waals surface area (Å²) in [4.78, 5) is 7.74. The lowest BCUT2D eigenvalue weighted by molar-refractivity contribution is 0.675. The van der Waals surface area contributed by atoms with E-state index in [4.69, 9.17) is 5.73 Å². The van der Waals surface area contributed by atoms with Crippen LogP contribution in [0, 0.1) is 0 Å². The number of aryl methyl sites for hydroxylation is 2. The molecule has 0 aliphatic rings. The maximum Gasteiger partial charge on any atom is 0.119 e. The van der Waals surface area contributed by atoms with Crippen LogP contribution in [-0.2, 0) is 13.0 Å². The molecule has 0 atom stereocenters. The van der Waals surface area contributed by atoms with E-state index in [0.29, 0.717) is 0 Å². The van der Waals surface area contributed by atoms with Crippen molar-refractivity contribution in [3.63, 3.8) is 0 Å². The van der Waals surface area contributed by atoms with E-state index in [1.54, 1.807) is 12.7 Å². The average Bonchev–Trinajstić information content (AvgIpc) is 2.94. The van der Waals surface area contributed by atoms with E-state index in [9.17, 15) is 0 Å². The summed E-state index contributed by atoms with van der Waals surface area (Å²) in [5.41, 5.74) is 8.38. The molecule has 1 aromatic carbocycles. The predicted octanol–water partition coefficient (Wildman–Crippen LogP) is 0.979. The molecule has 0 saturated carbocycles. The molecule has 0 spiro atoms. The third-order valence-corrected chi connectivity index (χ3v) is 2.63. The van der Waals surface area contributed by atoms with Gasteiger partial charge in [-0.05, 0) is 18.2 Å². The lowest BCUT2D eigenvalue weighted by Crippen LogP contribution is -1.99. The minimum absolute atomic E-state index is 0.742. The van der Waals surface area contributed by atoms with Gasteiger partial charge in [0.25, 0.3) is 0 Å². The normalized spacial score (nSPS) is 11.1. The Labute approximate surface area is 97.5 Å². The molecule has 2 aromatic heterocycles. The second-order valence-electron chi connectivity index (χ2n) is 3.91. The minimum Gasteiger partial charge on any atom is -0.399 e. The Balaban J connectivity index is 1.81. The van der Waals surface area contributed by atoms with E-state index >= 15 is 0 Å². The van der Waals surface area contributed by atoms with Crippen LogP contribution in [-0.4, -0.2) is 24.7 Å². The molecule has 0 aliphatic heterocycles. The first-order chi connectivity index (χ1) is 8.31. The van der Waals surface area contributed by atoms with Gasteiger partial charge in [0.2, 0.25) is 0 Å². The highest BCUT2D eigenvalue weighted by Crippen LogP contribution is 2.15. The number of hydrogen-bond acceptors (Lipinski definition) is 4. The predicted molar refractivity (Wildman–Crippen MR) is 64.2 cm³/mol. The first kappa shape index (κ1) is 9.83. The molecule has 0 bridgehead atoms. The Morgan fingerprint density at radius 1 is 1.24 bits per heavy atom. The Hall–Kier alpha value is -2.37. The van der Waals surface area contributed by atoms with Gasteiger partial charge in [0.15, 0.2) is 0 Å². The second kappa shape index (κ2) is 3.89. The molecule has 3 aromatic rings. The highest BCUT2D eigenvalue weighted by molar-refractivity contribution is 5.78. The van der Waals surface area contributed by atoms with Gasteiger partial charge in [-0.25, -0.2) is 4.98 Å². The smallest absolute Gasteiger partial charge is 0.119 e. The number of rotatable bonds is 3. The van der Waals surface area contributed by atoms with Crippen LogP contribution in [0.4, 0.5) is 5.69 Å². The van der Waals surface area contributed by atoms with E-state index in [1.165, 1.54) is 0 Å². The number of anilines is 1. The van der Waals surface area contributed by atoms with Gasteiger partial charge >= 0.3 is 0 Å². The fraction of sp³-hybridized carbons (Fsp3) is 0.182. The number of benzene rings is 1. The van der Waals surface area contributed by atoms with E-state index < -0.39 is 0 Å². The third kappa shape index (κ3) is 1.96. The number of nitrogens with zero attached hydrogens (tertiary/aromatic N) is 4. The van der Waals surface area contributed by atoms with Crippen LogP contribution in [0.1, 0.15) is 5.82 Å². The molecule has 0 aliphatic carbocycles. The van der Waals surface area contributed by atoms with Gasteiger partial charge in [0.05, 0.1) is 11.0 Å². The fourth-order valence-corrected chi connectivity index (χ4v) is 1.77. The van der Waals surface area contributed by atoms with E-state index in [0.717, 1.165) is 35.5 Å². The van der Waals surface area contributed by atoms with Crippen LogP contribution in [0.2, 0.25) is 0 Å². The number of fused-ring (bicyclic) bond motifs is 1. The number of aromatic nitrogens is 5. The zero-order valence-electron chi connectivity index (χ0n) is 9.17. The molecule has 2 heterocycles. The summed E-state index contributed by atoms with van der Waals surface area (Å²) in [7, 11) is 0. The fourth-order valence-electron chi connectivity index (χ4n) is 1.77. The van der Waals surface area contributed by atoms with Gasteiger partial charge in [-0.3, -0.25) is 0 Å². The van der Waals surface area contributed by atoms with Crippen LogP contribution < -0.4 is 5.73 Å². The Kier molecular flexibility index (Phi) is 2.25. The van der Waals surface area contributed by atoms with Crippen LogP contribution in [0.15, 0.2) is 30.9 Å². The summed E-state index contributed by atoms with van der Waals surface area (Å²) in [5, 5.41) is 7.51. The molecule has 0 amide bonds. The van der Waals surface area contributed by atoms with Crippen molar-refractivity contribution in [1.29, 1.82) is 0 Å². The highest BCUT2D eigenvalue weighted by Gasteiger charge is 2.03. The van der Waals surface area contributed by atoms with Gasteiger partial charge in [0, 0.05) is 18.7 Å². The molecule has 0 saturated heterocycles. The summed E-state index contributed by atoms with van der Waals surface area (Å²) in [6, 6.07) is 5.67. The molecule has 6 heteroatoms. The first-order valence-electron chi connectivity index (χ1n) is 5.38. The van der Waals surface area contributed by atoms with Gasteiger partial charge in [-0.15, -0.1) is 10.2 Å². The Morgan fingerprint density at radius 2 is 2.06 bits per heavy atom. The van der Waals surface area contributed by atoms with Crippen molar-refractivity contribution in [2.45, 2.75) is 13.0 Å². The van der Waals surface area contributed by atoms with Gasteiger partial charge < -0.3 is 15.3 Å².